The number of rotatable bonds is 3. The topological polar surface area (TPSA) is 26.0 Å². The van der Waals surface area contributed by atoms with Crippen LogP contribution in [0.3, 0.4) is 0 Å². The molecular formula is C11H13NS2. The standard InChI is InChI=1S/C11H13NS2/c1-2-9-3-4-10(14-9)11(12)8-5-6-13-7-8/h3-7,11H,2,12H2,1H3. The first-order valence-electron chi connectivity index (χ1n) is 4.67. The van der Waals surface area contributed by atoms with Gasteiger partial charge in [-0.15, -0.1) is 11.3 Å². The van der Waals surface area contributed by atoms with Gasteiger partial charge in [0.15, 0.2) is 0 Å². The molecule has 2 rings (SSSR count). The second-order valence-corrected chi connectivity index (χ2v) is 5.17. The molecule has 0 amide bonds. The molecule has 14 heavy (non-hydrogen) atoms. The molecule has 2 N–H and O–H groups in total. The molecule has 2 heterocycles. The first kappa shape index (κ1) is 9.90. The van der Waals surface area contributed by atoms with Gasteiger partial charge in [0.1, 0.15) is 0 Å². The molecule has 0 fully saturated rings. The average Bonchev–Trinajstić information content (AvgIpc) is 2.88. The lowest BCUT2D eigenvalue weighted by Gasteiger charge is -2.06. The molecule has 1 atom stereocenters. The molecule has 0 saturated carbocycles. The van der Waals surface area contributed by atoms with E-state index in [0.29, 0.717) is 0 Å². The summed E-state index contributed by atoms with van der Waals surface area (Å²) in [5.41, 5.74) is 7.37. The SMILES string of the molecule is CCc1ccc(C(N)c2ccsc2)s1. The third-order valence-corrected chi connectivity index (χ3v) is 4.25. The van der Waals surface area contributed by atoms with Gasteiger partial charge in [-0.25, -0.2) is 0 Å². The van der Waals surface area contributed by atoms with E-state index >= 15 is 0 Å². The van der Waals surface area contributed by atoms with Crippen LogP contribution in [-0.2, 0) is 6.42 Å². The van der Waals surface area contributed by atoms with Gasteiger partial charge >= 0.3 is 0 Å². The van der Waals surface area contributed by atoms with Crippen LogP contribution in [0.4, 0.5) is 0 Å². The van der Waals surface area contributed by atoms with Crippen LogP contribution < -0.4 is 5.73 Å². The summed E-state index contributed by atoms with van der Waals surface area (Å²) in [5, 5.41) is 4.19. The number of hydrogen-bond donors (Lipinski definition) is 1. The molecule has 0 bridgehead atoms. The fourth-order valence-corrected chi connectivity index (χ4v) is 3.05. The van der Waals surface area contributed by atoms with Gasteiger partial charge in [-0.3, -0.25) is 0 Å². The maximum Gasteiger partial charge on any atom is 0.0654 e. The van der Waals surface area contributed by atoms with Crippen molar-refractivity contribution in [2.45, 2.75) is 19.4 Å². The summed E-state index contributed by atoms with van der Waals surface area (Å²) in [4.78, 5) is 2.67. The molecular weight excluding hydrogens is 210 g/mol. The second-order valence-electron chi connectivity index (χ2n) is 3.19. The molecule has 2 aromatic heterocycles. The van der Waals surface area contributed by atoms with E-state index in [1.807, 2.05) is 11.3 Å². The van der Waals surface area contributed by atoms with E-state index in [4.69, 9.17) is 5.73 Å². The lowest BCUT2D eigenvalue weighted by Crippen LogP contribution is -2.08. The normalized spacial score (nSPS) is 13.0. The van der Waals surface area contributed by atoms with Crippen molar-refractivity contribution in [1.29, 1.82) is 0 Å². The molecule has 0 radical (unpaired) electrons. The molecule has 0 aromatic carbocycles. The molecule has 0 aliphatic heterocycles. The molecule has 3 heteroatoms. The van der Waals surface area contributed by atoms with E-state index in [1.165, 1.54) is 15.3 Å². The van der Waals surface area contributed by atoms with Gasteiger partial charge < -0.3 is 5.73 Å². The van der Waals surface area contributed by atoms with E-state index < -0.39 is 0 Å². The Morgan fingerprint density at radius 1 is 1.36 bits per heavy atom. The zero-order chi connectivity index (χ0) is 9.97. The highest BCUT2D eigenvalue weighted by atomic mass is 32.1. The van der Waals surface area contributed by atoms with Crippen molar-refractivity contribution in [3.05, 3.63) is 44.3 Å². The minimum Gasteiger partial charge on any atom is -0.320 e. The van der Waals surface area contributed by atoms with Gasteiger partial charge in [0.05, 0.1) is 6.04 Å². The quantitative estimate of drug-likeness (QED) is 0.847. The monoisotopic (exact) mass is 223 g/mol. The maximum absolute atomic E-state index is 6.15. The van der Waals surface area contributed by atoms with Gasteiger partial charge in [-0.1, -0.05) is 6.92 Å². The zero-order valence-electron chi connectivity index (χ0n) is 8.07. The Hall–Kier alpha value is -0.640. The highest BCUT2D eigenvalue weighted by Gasteiger charge is 2.11. The van der Waals surface area contributed by atoms with Crippen molar-refractivity contribution >= 4 is 22.7 Å². The van der Waals surface area contributed by atoms with Crippen molar-refractivity contribution in [3.8, 4) is 0 Å². The Kier molecular flexibility index (Phi) is 3.01. The van der Waals surface area contributed by atoms with Gasteiger partial charge in [0.2, 0.25) is 0 Å². The minimum atomic E-state index is 0.0616. The lowest BCUT2D eigenvalue weighted by molar-refractivity contribution is 0.899. The van der Waals surface area contributed by atoms with Gasteiger partial charge in [0, 0.05) is 9.75 Å². The van der Waals surface area contributed by atoms with E-state index in [0.717, 1.165) is 6.42 Å². The van der Waals surface area contributed by atoms with Crippen LogP contribution in [0.5, 0.6) is 0 Å². The van der Waals surface area contributed by atoms with Crippen LogP contribution in [0.1, 0.15) is 28.3 Å². The van der Waals surface area contributed by atoms with E-state index in [9.17, 15) is 0 Å². The number of thiophene rings is 2. The van der Waals surface area contributed by atoms with Crippen LogP contribution in [0, 0.1) is 0 Å². The number of aryl methyl sites for hydroxylation is 1. The molecule has 1 nitrogen and oxygen atoms in total. The molecule has 74 valence electrons. The van der Waals surface area contributed by atoms with Crippen LogP contribution in [-0.4, -0.2) is 0 Å². The van der Waals surface area contributed by atoms with Crippen molar-refractivity contribution in [1.82, 2.24) is 0 Å². The predicted octanol–water partition coefficient (Wildman–Crippen LogP) is 3.42. The fourth-order valence-electron chi connectivity index (χ4n) is 1.37. The van der Waals surface area contributed by atoms with Gasteiger partial charge in [-0.05, 0) is 40.9 Å². The largest absolute Gasteiger partial charge is 0.320 e. The highest BCUT2D eigenvalue weighted by molar-refractivity contribution is 7.12. The molecule has 2 aromatic rings. The Labute approximate surface area is 92.2 Å². The minimum absolute atomic E-state index is 0.0616. The van der Waals surface area contributed by atoms with E-state index in [2.05, 4.69) is 35.9 Å². The third-order valence-electron chi connectivity index (χ3n) is 2.24. The Balaban J connectivity index is 2.23. The van der Waals surface area contributed by atoms with E-state index in [1.54, 1.807) is 11.3 Å². The maximum atomic E-state index is 6.15. The third kappa shape index (κ3) is 1.90. The Bertz CT molecular complexity index is 389. The number of nitrogens with two attached hydrogens (primary N) is 1. The van der Waals surface area contributed by atoms with Gasteiger partial charge in [-0.2, -0.15) is 11.3 Å². The predicted molar refractivity (Wildman–Crippen MR) is 64.0 cm³/mol. The highest BCUT2D eigenvalue weighted by Crippen LogP contribution is 2.27. The lowest BCUT2D eigenvalue weighted by atomic mass is 10.1. The van der Waals surface area contributed by atoms with Crippen LogP contribution in [0.25, 0.3) is 0 Å². The van der Waals surface area contributed by atoms with Crippen molar-refractivity contribution in [2.24, 2.45) is 5.73 Å². The summed E-state index contributed by atoms with van der Waals surface area (Å²) in [5.74, 6) is 0. The molecule has 1 unspecified atom stereocenters. The first-order valence-corrected chi connectivity index (χ1v) is 6.43. The summed E-state index contributed by atoms with van der Waals surface area (Å²) in [7, 11) is 0. The fraction of sp³-hybridized carbons (Fsp3) is 0.273. The second kappa shape index (κ2) is 4.26. The molecule has 0 aliphatic rings. The van der Waals surface area contributed by atoms with Gasteiger partial charge in [0.25, 0.3) is 0 Å². The summed E-state index contributed by atoms with van der Waals surface area (Å²) >= 11 is 3.52. The average molecular weight is 223 g/mol. The molecule has 0 saturated heterocycles. The summed E-state index contributed by atoms with van der Waals surface area (Å²) in [6, 6.07) is 6.48. The van der Waals surface area contributed by atoms with Crippen molar-refractivity contribution < 1.29 is 0 Å². The van der Waals surface area contributed by atoms with Crippen molar-refractivity contribution in [3.63, 3.8) is 0 Å². The first-order chi connectivity index (χ1) is 6.81. The Morgan fingerprint density at radius 2 is 2.21 bits per heavy atom. The van der Waals surface area contributed by atoms with E-state index in [-0.39, 0.29) is 6.04 Å². The zero-order valence-corrected chi connectivity index (χ0v) is 9.70. The van der Waals surface area contributed by atoms with Crippen molar-refractivity contribution in [2.75, 3.05) is 0 Å². The summed E-state index contributed by atoms with van der Waals surface area (Å²) in [6.07, 6.45) is 1.10. The summed E-state index contributed by atoms with van der Waals surface area (Å²) in [6.45, 7) is 2.17. The van der Waals surface area contributed by atoms with Crippen LogP contribution in [0.15, 0.2) is 29.0 Å². The summed E-state index contributed by atoms with van der Waals surface area (Å²) < 4.78 is 0. The number of hydrogen-bond acceptors (Lipinski definition) is 3. The Morgan fingerprint density at radius 3 is 2.79 bits per heavy atom. The molecule has 0 aliphatic carbocycles. The van der Waals surface area contributed by atoms with Crippen LogP contribution >= 0.6 is 22.7 Å². The smallest absolute Gasteiger partial charge is 0.0654 e. The van der Waals surface area contributed by atoms with Crippen LogP contribution in [0.2, 0.25) is 0 Å². The molecule has 0 spiro atoms.